The average molecular weight is 404 g/mol. The molecule has 4 heteroatoms. The number of fused-ring (bicyclic) bond motifs is 5. The van der Waals surface area contributed by atoms with Crippen LogP contribution in [0.15, 0.2) is 60.7 Å². The molecule has 3 aromatic rings. The van der Waals surface area contributed by atoms with Crippen LogP contribution in [0.25, 0.3) is 11.1 Å². The van der Waals surface area contributed by atoms with Crippen LogP contribution in [-0.4, -0.2) is 11.3 Å². The Balaban J connectivity index is 1.80. The summed E-state index contributed by atoms with van der Waals surface area (Å²) in [5, 5.41) is 4.13. The zero-order valence-corrected chi connectivity index (χ0v) is 17.4. The van der Waals surface area contributed by atoms with Crippen LogP contribution >= 0.6 is 11.6 Å². The van der Waals surface area contributed by atoms with E-state index in [0.717, 1.165) is 39.3 Å². The fraction of sp³-hybridized carbons (Fsp3) is 0.240. The number of carbonyl (C=O) groups is 1. The maximum Gasteiger partial charge on any atom is 0.164 e. The van der Waals surface area contributed by atoms with E-state index < -0.39 is 5.54 Å². The first kappa shape index (κ1) is 18.3. The van der Waals surface area contributed by atoms with Gasteiger partial charge in [0.05, 0.1) is 5.54 Å². The van der Waals surface area contributed by atoms with Gasteiger partial charge in [0.25, 0.3) is 0 Å². The molecule has 146 valence electrons. The molecule has 2 aliphatic heterocycles. The van der Waals surface area contributed by atoms with Crippen molar-refractivity contribution in [1.82, 2.24) is 0 Å². The fourth-order valence-electron chi connectivity index (χ4n) is 4.65. The Bertz CT molecular complexity index is 1130. The minimum Gasteiger partial charge on any atom is -0.480 e. The maximum atomic E-state index is 13.1. The van der Waals surface area contributed by atoms with E-state index >= 15 is 0 Å². The zero-order valence-electron chi connectivity index (χ0n) is 16.6. The van der Waals surface area contributed by atoms with Crippen LogP contribution in [-0.2, 0) is 4.79 Å². The van der Waals surface area contributed by atoms with E-state index in [0.29, 0.717) is 5.02 Å². The van der Waals surface area contributed by atoms with Gasteiger partial charge in [-0.2, -0.15) is 0 Å². The predicted molar refractivity (Wildman–Crippen MR) is 117 cm³/mol. The Morgan fingerprint density at radius 1 is 0.931 bits per heavy atom. The SMILES string of the molecule is C[C@H]1C(=O)C(C)(C)Nc2ccc3c(c21)[C@@H](c1ccc(Cl)cc1)Oc1ccccc1-3. The molecule has 0 unspecified atom stereocenters. The summed E-state index contributed by atoms with van der Waals surface area (Å²) in [5.74, 6) is 0.815. The Morgan fingerprint density at radius 3 is 2.41 bits per heavy atom. The lowest BCUT2D eigenvalue weighted by atomic mass is 9.74. The summed E-state index contributed by atoms with van der Waals surface area (Å²) in [7, 11) is 0. The fourth-order valence-corrected chi connectivity index (χ4v) is 4.78. The van der Waals surface area contributed by atoms with Crippen molar-refractivity contribution in [1.29, 1.82) is 0 Å². The molecule has 0 bridgehead atoms. The van der Waals surface area contributed by atoms with Gasteiger partial charge in [0, 0.05) is 27.8 Å². The van der Waals surface area contributed by atoms with Crippen molar-refractivity contribution < 1.29 is 9.53 Å². The normalized spacial score (nSPS) is 21.3. The van der Waals surface area contributed by atoms with Crippen molar-refractivity contribution in [3.63, 3.8) is 0 Å². The molecule has 2 aliphatic rings. The number of rotatable bonds is 1. The van der Waals surface area contributed by atoms with Gasteiger partial charge >= 0.3 is 0 Å². The second kappa shape index (κ2) is 6.36. The number of halogens is 1. The van der Waals surface area contributed by atoms with Gasteiger partial charge in [0.2, 0.25) is 0 Å². The smallest absolute Gasteiger partial charge is 0.164 e. The van der Waals surface area contributed by atoms with Gasteiger partial charge < -0.3 is 10.1 Å². The zero-order chi connectivity index (χ0) is 20.3. The summed E-state index contributed by atoms with van der Waals surface area (Å²) in [6.07, 6.45) is -0.301. The number of hydrogen-bond donors (Lipinski definition) is 1. The van der Waals surface area contributed by atoms with Gasteiger partial charge in [-0.1, -0.05) is 54.9 Å². The van der Waals surface area contributed by atoms with Crippen molar-refractivity contribution in [3.8, 4) is 16.9 Å². The molecule has 0 spiro atoms. The molecule has 5 rings (SSSR count). The van der Waals surface area contributed by atoms with Crippen LogP contribution in [0.5, 0.6) is 5.75 Å². The van der Waals surface area contributed by atoms with Gasteiger partial charge in [0.1, 0.15) is 11.9 Å². The molecule has 29 heavy (non-hydrogen) atoms. The highest BCUT2D eigenvalue weighted by atomic mass is 35.5. The molecule has 2 heterocycles. The average Bonchev–Trinajstić information content (AvgIpc) is 2.71. The monoisotopic (exact) mass is 403 g/mol. The molecule has 0 aliphatic carbocycles. The lowest BCUT2D eigenvalue weighted by Gasteiger charge is -2.40. The molecule has 0 amide bonds. The molecule has 3 aromatic carbocycles. The van der Waals surface area contributed by atoms with Gasteiger partial charge in [-0.3, -0.25) is 4.79 Å². The van der Waals surface area contributed by atoms with E-state index in [2.05, 4.69) is 23.5 Å². The number of anilines is 1. The number of ether oxygens (including phenoxy) is 1. The number of para-hydroxylation sites is 1. The summed E-state index contributed by atoms with van der Waals surface area (Å²) >= 11 is 6.13. The summed E-state index contributed by atoms with van der Waals surface area (Å²) in [6, 6.07) is 20.1. The van der Waals surface area contributed by atoms with Gasteiger partial charge in [0.15, 0.2) is 5.78 Å². The van der Waals surface area contributed by atoms with Crippen molar-refractivity contribution in [2.24, 2.45) is 0 Å². The summed E-state index contributed by atoms with van der Waals surface area (Å²) < 4.78 is 6.50. The first-order chi connectivity index (χ1) is 13.9. The van der Waals surface area contributed by atoms with E-state index in [4.69, 9.17) is 16.3 Å². The molecule has 0 saturated heterocycles. The van der Waals surface area contributed by atoms with Gasteiger partial charge in [-0.05, 0) is 54.8 Å². The Kier molecular flexibility index (Phi) is 4.01. The van der Waals surface area contributed by atoms with Gasteiger partial charge in [-0.25, -0.2) is 0 Å². The molecule has 0 aromatic heterocycles. The second-order valence-corrected chi connectivity index (χ2v) is 8.81. The third-order valence-electron chi connectivity index (χ3n) is 6.03. The summed E-state index contributed by atoms with van der Waals surface area (Å²) in [6.45, 7) is 5.89. The van der Waals surface area contributed by atoms with Crippen molar-refractivity contribution >= 4 is 23.1 Å². The topological polar surface area (TPSA) is 38.3 Å². The van der Waals surface area contributed by atoms with Crippen LogP contribution in [0.4, 0.5) is 5.69 Å². The third-order valence-corrected chi connectivity index (χ3v) is 6.29. The third kappa shape index (κ3) is 2.76. The van der Waals surface area contributed by atoms with Gasteiger partial charge in [-0.15, -0.1) is 0 Å². The summed E-state index contributed by atoms with van der Waals surface area (Å²) in [4.78, 5) is 13.1. The maximum absolute atomic E-state index is 13.1. The lowest BCUT2D eigenvalue weighted by molar-refractivity contribution is -0.123. The standard InChI is InChI=1S/C25H22ClNO2/c1-14-21-19(27-25(2,3)24(14)28)13-12-18-17-6-4-5-7-20(17)29-23(22(18)21)15-8-10-16(26)11-9-15/h4-14,23,27H,1-3H3/t14-,23-/m1/s1. The van der Waals surface area contributed by atoms with Crippen LogP contribution in [0, 0.1) is 0 Å². The van der Waals surface area contributed by atoms with Crippen molar-refractivity contribution in [2.75, 3.05) is 5.32 Å². The number of ketones is 1. The molecular formula is C25H22ClNO2. The molecular weight excluding hydrogens is 382 g/mol. The highest BCUT2D eigenvalue weighted by Crippen LogP contribution is 2.51. The van der Waals surface area contributed by atoms with E-state index in [1.165, 1.54) is 0 Å². The largest absolute Gasteiger partial charge is 0.480 e. The molecule has 0 radical (unpaired) electrons. The number of nitrogens with one attached hydrogen (secondary N) is 1. The van der Waals surface area contributed by atoms with E-state index in [-0.39, 0.29) is 17.8 Å². The molecule has 3 nitrogen and oxygen atoms in total. The highest BCUT2D eigenvalue weighted by molar-refractivity contribution is 6.30. The first-order valence-electron chi connectivity index (χ1n) is 9.87. The lowest BCUT2D eigenvalue weighted by Crippen LogP contribution is -2.47. The predicted octanol–water partition coefficient (Wildman–Crippen LogP) is 6.37. The number of carbonyl (C=O) groups excluding carboxylic acids is 1. The number of Topliss-reactive ketones (excluding diaryl/α,β-unsaturated/α-hetero) is 1. The van der Waals surface area contributed by atoms with E-state index in [1.807, 2.05) is 63.2 Å². The quantitative estimate of drug-likeness (QED) is 0.513. The Morgan fingerprint density at radius 2 is 1.66 bits per heavy atom. The molecule has 0 fully saturated rings. The van der Waals surface area contributed by atoms with Crippen molar-refractivity contribution in [3.05, 3.63) is 82.4 Å². The van der Waals surface area contributed by atoms with E-state index in [1.54, 1.807) is 0 Å². The second-order valence-electron chi connectivity index (χ2n) is 8.37. The van der Waals surface area contributed by atoms with E-state index in [9.17, 15) is 4.79 Å². The molecule has 0 saturated carbocycles. The Hall–Kier alpha value is -2.78. The molecule has 2 atom stereocenters. The Labute approximate surface area is 175 Å². The minimum absolute atomic E-state index is 0.187. The van der Waals surface area contributed by atoms with Crippen LogP contribution in [0.1, 0.15) is 49.5 Å². The highest BCUT2D eigenvalue weighted by Gasteiger charge is 2.42. The minimum atomic E-state index is -0.593. The molecule has 1 N–H and O–H groups in total. The van der Waals surface area contributed by atoms with Crippen LogP contribution in [0.3, 0.4) is 0 Å². The number of hydrogen-bond acceptors (Lipinski definition) is 3. The van der Waals surface area contributed by atoms with Crippen LogP contribution in [0.2, 0.25) is 5.02 Å². The summed E-state index contributed by atoms with van der Waals surface area (Å²) in [5.41, 5.74) is 5.69. The first-order valence-corrected chi connectivity index (χ1v) is 10.3. The number of benzene rings is 3. The van der Waals surface area contributed by atoms with Crippen LogP contribution < -0.4 is 10.1 Å². The van der Waals surface area contributed by atoms with Crippen molar-refractivity contribution in [2.45, 2.75) is 38.3 Å².